The average molecular weight is 550 g/mol. The van der Waals surface area contributed by atoms with Crippen molar-refractivity contribution in [2.45, 2.75) is 45.8 Å². The molecule has 1 atom stereocenters. The molecule has 4 heterocycles. The molecule has 0 bridgehead atoms. The molecule has 0 unspecified atom stereocenters. The van der Waals surface area contributed by atoms with Crippen molar-refractivity contribution in [2.24, 2.45) is 0 Å². The molecule has 0 radical (unpaired) electrons. The first-order chi connectivity index (χ1) is 18.9. The van der Waals surface area contributed by atoms with E-state index in [2.05, 4.69) is 25.2 Å². The zero-order valence-corrected chi connectivity index (χ0v) is 23.4. The second kappa shape index (κ2) is 10.2. The van der Waals surface area contributed by atoms with Crippen LogP contribution >= 0.6 is 0 Å². The van der Waals surface area contributed by atoms with Gasteiger partial charge in [0, 0.05) is 38.6 Å². The Morgan fingerprint density at radius 2 is 1.95 bits per heavy atom. The molecule has 4 aromatic rings. The minimum atomic E-state index is -0.583. The molecule has 1 N–H and O–H groups in total. The van der Waals surface area contributed by atoms with Gasteiger partial charge in [-0.3, -0.25) is 4.79 Å². The van der Waals surface area contributed by atoms with Gasteiger partial charge in [0.15, 0.2) is 11.5 Å². The van der Waals surface area contributed by atoms with Gasteiger partial charge in [0.25, 0.3) is 5.91 Å². The lowest BCUT2D eigenvalue weighted by atomic mass is 10.1. The van der Waals surface area contributed by atoms with Crippen molar-refractivity contribution in [3.05, 3.63) is 53.9 Å². The van der Waals surface area contributed by atoms with Gasteiger partial charge in [0.1, 0.15) is 16.6 Å². The number of methoxy groups -OCH3 is 1. The quantitative estimate of drug-likeness (QED) is 0.389. The molecular formula is C28H32FN7O4. The van der Waals surface area contributed by atoms with Gasteiger partial charge in [0.05, 0.1) is 42.0 Å². The van der Waals surface area contributed by atoms with Crippen LogP contribution in [0.25, 0.3) is 16.7 Å². The van der Waals surface area contributed by atoms with Crippen LogP contribution in [0.4, 0.5) is 20.6 Å². The Morgan fingerprint density at radius 3 is 2.67 bits per heavy atom. The molecule has 1 aliphatic rings. The Morgan fingerprint density at radius 1 is 1.18 bits per heavy atom. The Balaban J connectivity index is 1.43. The number of likely N-dealkylation sites (N-methyl/N-ethyl adjacent to an activating group) is 1. The summed E-state index contributed by atoms with van der Waals surface area (Å²) in [5, 5.41) is 2.76. The maximum atomic E-state index is 14.6. The van der Waals surface area contributed by atoms with Crippen molar-refractivity contribution in [3.8, 4) is 5.88 Å². The van der Waals surface area contributed by atoms with Crippen LogP contribution in [0.5, 0.6) is 5.88 Å². The van der Waals surface area contributed by atoms with Gasteiger partial charge in [-0.2, -0.15) is 0 Å². The molecule has 12 heteroatoms. The summed E-state index contributed by atoms with van der Waals surface area (Å²) in [7, 11) is 3.21. The summed E-state index contributed by atoms with van der Waals surface area (Å²) in [5.74, 6) is -0.768. The summed E-state index contributed by atoms with van der Waals surface area (Å²) in [6, 6.07) is 4.66. The standard InChI is InChI=1S/C28H32FN7O4/c1-16-13-36-14-17(11-20(29)25(36)31-16)32-26(37)19-7-8-21(24-23(19)33-22(39-6)12-30-24)35-10-9-18(15-35)34(5)27(38)40-28(2,3)4/h7-8,11-14,18H,9-10,15H2,1-6H3,(H,32,37)/t18-/m1/s1. The maximum Gasteiger partial charge on any atom is 0.410 e. The fourth-order valence-corrected chi connectivity index (χ4v) is 4.81. The van der Waals surface area contributed by atoms with E-state index in [1.54, 1.807) is 37.3 Å². The fourth-order valence-electron chi connectivity index (χ4n) is 4.81. The monoisotopic (exact) mass is 549 g/mol. The Hall–Kier alpha value is -4.48. The molecule has 40 heavy (non-hydrogen) atoms. The second-order valence-corrected chi connectivity index (χ2v) is 10.9. The number of pyridine rings is 1. The van der Waals surface area contributed by atoms with Crippen LogP contribution in [0.1, 0.15) is 43.2 Å². The smallest absolute Gasteiger partial charge is 0.410 e. The van der Waals surface area contributed by atoms with E-state index in [0.717, 1.165) is 12.1 Å². The number of nitrogens with one attached hydrogen (secondary N) is 1. The van der Waals surface area contributed by atoms with Gasteiger partial charge < -0.3 is 29.0 Å². The Bertz CT molecular complexity index is 1610. The number of imidazole rings is 1. The highest BCUT2D eigenvalue weighted by Crippen LogP contribution is 2.32. The summed E-state index contributed by atoms with van der Waals surface area (Å²) >= 11 is 0. The number of nitrogens with zero attached hydrogens (tertiary/aromatic N) is 6. The number of hydrogen-bond acceptors (Lipinski definition) is 8. The van der Waals surface area contributed by atoms with Gasteiger partial charge in [-0.25, -0.2) is 24.1 Å². The van der Waals surface area contributed by atoms with Crippen molar-refractivity contribution >= 4 is 40.1 Å². The number of halogens is 1. The Kier molecular flexibility index (Phi) is 6.94. The van der Waals surface area contributed by atoms with Gasteiger partial charge in [-0.1, -0.05) is 0 Å². The molecule has 1 fully saturated rings. The topological polar surface area (TPSA) is 114 Å². The highest BCUT2D eigenvalue weighted by Gasteiger charge is 2.32. The molecule has 1 saturated heterocycles. The number of benzene rings is 1. The molecule has 11 nitrogen and oxygen atoms in total. The zero-order valence-electron chi connectivity index (χ0n) is 23.4. The zero-order chi connectivity index (χ0) is 28.8. The van der Waals surface area contributed by atoms with Gasteiger partial charge in [-0.15, -0.1) is 0 Å². The number of aryl methyl sites for hydroxylation is 1. The van der Waals surface area contributed by atoms with Crippen LogP contribution in [-0.4, -0.2) is 75.1 Å². The van der Waals surface area contributed by atoms with E-state index in [-0.39, 0.29) is 34.9 Å². The molecule has 0 aliphatic carbocycles. The first-order valence-electron chi connectivity index (χ1n) is 12.9. The molecule has 1 aliphatic heterocycles. The molecule has 0 saturated carbocycles. The summed E-state index contributed by atoms with van der Waals surface area (Å²) < 4.78 is 26.9. The van der Waals surface area contributed by atoms with E-state index in [4.69, 9.17) is 9.47 Å². The van der Waals surface area contributed by atoms with Crippen molar-refractivity contribution in [1.29, 1.82) is 0 Å². The number of ether oxygens (including phenoxy) is 2. The molecule has 2 amide bonds. The highest BCUT2D eigenvalue weighted by molar-refractivity contribution is 6.13. The number of carbonyl (C=O) groups excluding carboxylic acids is 2. The summed E-state index contributed by atoms with van der Waals surface area (Å²) in [5.41, 5.74) is 2.43. The molecule has 210 valence electrons. The largest absolute Gasteiger partial charge is 0.480 e. The van der Waals surface area contributed by atoms with Crippen molar-refractivity contribution in [1.82, 2.24) is 24.3 Å². The third-order valence-electron chi connectivity index (χ3n) is 6.73. The lowest BCUT2D eigenvalue weighted by molar-refractivity contribution is 0.0237. The van der Waals surface area contributed by atoms with Crippen molar-refractivity contribution < 1.29 is 23.5 Å². The van der Waals surface area contributed by atoms with E-state index >= 15 is 0 Å². The lowest BCUT2D eigenvalue weighted by Crippen LogP contribution is -2.42. The number of rotatable bonds is 5. The van der Waals surface area contributed by atoms with Gasteiger partial charge in [-0.05, 0) is 46.2 Å². The molecule has 5 rings (SSSR count). The molecule has 3 aromatic heterocycles. The number of fused-ring (bicyclic) bond motifs is 2. The Labute approximate surface area is 230 Å². The third kappa shape index (κ3) is 5.33. The van der Waals surface area contributed by atoms with Gasteiger partial charge >= 0.3 is 6.09 Å². The molecule has 1 aromatic carbocycles. The normalized spacial score (nSPS) is 15.5. The van der Waals surface area contributed by atoms with Crippen LogP contribution in [-0.2, 0) is 4.74 Å². The van der Waals surface area contributed by atoms with Crippen molar-refractivity contribution in [3.63, 3.8) is 0 Å². The van der Waals surface area contributed by atoms with E-state index in [1.165, 1.54) is 23.8 Å². The number of carbonyl (C=O) groups is 2. The van der Waals surface area contributed by atoms with Gasteiger partial charge in [0.2, 0.25) is 5.88 Å². The number of aromatic nitrogens is 4. The minimum Gasteiger partial charge on any atom is -0.480 e. The van der Waals surface area contributed by atoms with Crippen LogP contribution in [0.3, 0.4) is 0 Å². The van der Waals surface area contributed by atoms with E-state index < -0.39 is 17.3 Å². The average Bonchev–Trinajstić information content (AvgIpc) is 3.53. The lowest BCUT2D eigenvalue weighted by Gasteiger charge is -2.29. The van der Waals surface area contributed by atoms with E-state index in [1.807, 2.05) is 26.8 Å². The van der Waals surface area contributed by atoms with E-state index in [9.17, 15) is 14.0 Å². The third-order valence-corrected chi connectivity index (χ3v) is 6.73. The van der Waals surface area contributed by atoms with Crippen molar-refractivity contribution in [2.75, 3.05) is 37.5 Å². The van der Waals surface area contributed by atoms with Crippen LogP contribution < -0.4 is 15.0 Å². The first-order valence-corrected chi connectivity index (χ1v) is 12.9. The first kappa shape index (κ1) is 27.1. The summed E-state index contributed by atoms with van der Waals surface area (Å²) in [6.07, 6.45) is 5.15. The predicted molar refractivity (Wildman–Crippen MR) is 149 cm³/mol. The van der Waals surface area contributed by atoms with Crippen LogP contribution in [0.15, 0.2) is 36.8 Å². The molecule has 0 spiro atoms. The number of amides is 2. The van der Waals surface area contributed by atoms with E-state index in [0.29, 0.717) is 29.8 Å². The predicted octanol–water partition coefficient (Wildman–Crippen LogP) is 4.43. The maximum absolute atomic E-state index is 14.6. The molecular weight excluding hydrogens is 517 g/mol. The SMILES string of the molecule is COc1cnc2c(N3CC[C@@H](N(C)C(=O)OC(C)(C)C)C3)ccc(C(=O)Nc3cc(F)c4nc(C)cn4c3)c2n1. The number of hydrogen-bond donors (Lipinski definition) is 1. The summed E-state index contributed by atoms with van der Waals surface area (Å²) in [6.45, 7) is 8.52. The van der Waals surface area contributed by atoms with Crippen LogP contribution in [0.2, 0.25) is 0 Å². The highest BCUT2D eigenvalue weighted by atomic mass is 19.1. The fraction of sp³-hybridized carbons (Fsp3) is 0.393. The summed E-state index contributed by atoms with van der Waals surface area (Å²) in [4.78, 5) is 43.0. The number of anilines is 2. The second-order valence-electron chi connectivity index (χ2n) is 10.9. The van der Waals surface area contributed by atoms with Crippen LogP contribution in [0, 0.1) is 12.7 Å². The minimum absolute atomic E-state index is 0.0595.